The maximum Gasteiger partial charge on any atom is 0.236 e. The number of aryl methyl sites for hydroxylation is 1. The molecular formula is C18H20N6O2S2. The molecule has 0 unspecified atom stereocenters. The number of thioether (sulfide) groups is 1. The summed E-state index contributed by atoms with van der Waals surface area (Å²) >= 11 is 2.64. The summed E-state index contributed by atoms with van der Waals surface area (Å²) in [5.74, 6) is 0.427. The van der Waals surface area contributed by atoms with Gasteiger partial charge in [0.25, 0.3) is 0 Å². The Morgan fingerprint density at radius 2 is 1.93 bits per heavy atom. The Labute approximate surface area is 170 Å². The molecule has 10 heteroatoms. The van der Waals surface area contributed by atoms with E-state index in [1.807, 2.05) is 42.7 Å². The summed E-state index contributed by atoms with van der Waals surface area (Å²) in [7, 11) is 0. The molecule has 0 spiro atoms. The third kappa shape index (κ3) is 5.40. The van der Waals surface area contributed by atoms with Crippen LogP contribution in [0.25, 0.3) is 0 Å². The fraction of sp³-hybridized carbons (Fsp3) is 0.278. The van der Waals surface area contributed by atoms with Crippen LogP contribution in [0.4, 0.5) is 10.8 Å². The average molecular weight is 417 g/mol. The van der Waals surface area contributed by atoms with Crippen molar-refractivity contribution in [3.05, 3.63) is 47.2 Å². The minimum absolute atomic E-state index is 0.112. The largest absolute Gasteiger partial charge is 0.326 e. The van der Waals surface area contributed by atoms with Crippen molar-refractivity contribution in [2.45, 2.75) is 32.0 Å². The summed E-state index contributed by atoms with van der Waals surface area (Å²) in [5, 5.41) is 16.8. The zero-order chi connectivity index (χ0) is 19.9. The highest BCUT2D eigenvalue weighted by molar-refractivity contribution is 7.99. The second-order valence-electron chi connectivity index (χ2n) is 5.91. The Morgan fingerprint density at radius 1 is 1.14 bits per heavy atom. The number of aromatic nitrogens is 4. The highest BCUT2D eigenvalue weighted by Gasteiger charge is 2.16. The topological polar surface area (TPSA) is 102 Å². The van der Waals surface area contributed by atoms with Crippen molar-refractivity contribution in [2.24, 2.45) is 0 Å². The maximum absolute atomic E-state index is 12.3. The van der Waals surface area contributed by atoms with Gasteiger partial charge in [0.2, 0.25) is 11.8 Å². The molecule has 8 nitrogen and oxygen atoms in total. The first-order valence-corrected chi connectivity index (χ1v) is 10.5. The summed E-state index contributed by atoms with van der Waals surface area (Å²) in [6, 6.07) is 7.60. The smallest absolute Gasteiger partial charge is 0.236 e. The molecule has 2 aromatic heterocycles. The number of hydrogen-bond acceptors (Lipinski definition) is 7. The molecule has 1 aromatic carbocycles. The SMILES string of the molecule is CCn1c(CC(=O)Nc2ccc(C)cc2)nnc1SCC(=O)Nc1nccs1. The molecule has 2 N–H and O–H groups in total. The van der Waals surface area contributed by atoms with E-state index in [0.29, 0.717) is 22.7 Å². The van der Waals surface area contributed by atoms with Crippen LogP contribution in [0.2, 0.25) is 0 Å². The third-order valence-corrected chi connectivity index (χ3v) is 5.43. The molecule has 0 aliphatic heterocycles. The van der Waals surface area contributed by atoms with E-state index in [1.54, 1.807) is 11.6 Å². The molecule has 0 aliphatic carbocycles. The van der Waals surface area contributed by atoms with E-state index in [0.717, 1.165) is 11.3 Å². The lowest BCUT2D eigenvalue weighted by Gasteiger charge is -2.08. The summed E-state index contributed by atoms with van der Waals surface area (Å²) in [6.45, 7) is 4.55. The minimum atomic E-state index is -0.163. The van der Waals surface area contributed by atoms with Crippen molar-refractivity contribution < 1.29 is 9.59 Å². The molecular weight excluding hydrogens is 396 g/mol. The van der Waals surface area contributed by atoms with Crippen LogP contribution in [0.1, 0.15) is 18.3 Å². The summed E-state index contributed by atoms with van der Waals surface area (Å²) < 4.78 is 1.84. The monoisotopic (exact) mass is 416 g/mol. The highest BCUT2D eigenvalue weighted by atomic mass is 32.2. The van der Waals surface area contributed by atoms with E-state index in [1.165, 1.54) is 23.1 Å². The number of benzene rings is 1. The van der Waals surface area contributed by atoms with Gasteiger partial charge in [-0.15, -0.1) is 21.5 Å². The third-order valence-electron chi connectivity index (χ3n) is 3.77. The first-order valence-electron chi connectivity index (χ1n) is 8.66. The number of carbonyl (C=O) groups excluding carboxylic acids is 2. The number of thiazole rings is 1. The molecule has 0 fully saturated rings. The lowest BCUT2D eigenvalue weighted by molar-refractivity contribution is -0.116. The standard InChI is InChI=1S/C18H20N6O2S2/c1-3-24-14(10-15(25)20-13-6-4-12(2)5-7-13)22-23-18(24)28-11-16(26)21-17-19-8-9-27-17/h4-9H,3,10-11H2,1-2H3,(H,20,25)(H,19,21,26). The number of nitrogens with one attached hydrogen (secondary N) is 2. The lowest BCUT2D eigenvalue weighted by atomic mass is 10.2. The summed E-state index contributed by atoms with van der Waals surface area (Å²) in [6.07, 6.45) is 1.75. The normalized spacial score (nSPS) is 10.6. The van der Waals surface area contributed by atoms with E-state index in [9.17, 15) is 9.59 Å². The molecule has 0 aliphatic rings. The number of hydrogen-bond donors (Lipinski definition) is 2. The zero-order valence-electron chi connectivity index (χ0n) is 15.5. The van der Waals surface area contributed by atoms with Crippen molar-refractivity contribution >= 4 is 45.7 Å². The van der Waals surface area contributed by atoms with Crippen molar-refractivity contribution in [3.63, 3.8) is 0 Å². The van der Waals surface area contributed by atoms with Crippen LogP contribution in [0.5, 0.6) is 0 Å². The van der Waals surface area contributed by atoms with Gasteiger partial charge in [-0.25, -0.2) is 4.98 Å². The molecule has 0 saturated carbocycles. The molecule has 0 radical (unpaired) electrons. The van der Waals surface area contributed by atoms with Crippen LogP contribution in [-0.4, -0.2) is 37.3 Å². The van der Waals surface area contributed by atoms with Crippen LogP contribution in [0, 0.1) is 6.92 Å². The predicted octanol–water partition coefficient (Wildman–Crippen LogP) is 2.97. The Kier molecular flexibility index (Phi) is 6.77. The second-order valence-corrected chi connectivity index (χ2v) is 7.75. The van der Waals surface area contributed by atoms with Crippen LogP contribution in [0.15, 0.2) is 41.0 Å². The number of nitrogens with zero attached hydrogens (tertiary/aromatic N) is 4. The molecule has 2 heterocycles. The van der Waals surface area contributed by atoms with E-state index >= 15 is 0 Å². The first-order chi connectivity index (χ1) is 13.5. The maximum atomic E-state index is 12.3. The second kappa shape index (κ2) is 9.47. The van der Waals surface area contributed by atoms with Gasteiger partial charge in [0.1, 0.15) is 5.82 Å². The fourth-order valence-electron chi connectivity index (χ4n) is 2.43. The number of amides is 2. The Bertz CT molecular complexity index is 938. The van der Waals surface area contributed by atoms with E-state index in [-0.39, 0.29) is 24.0 Å². The van der Waals surface area contributed by atoms with Gasteiger partial charge in [-0.1, -0.05) is 29.5 Å². The molecule has 0 bridgehead atoms. The number of anilines is 2. The van der Waals surface area contributed by atoms with Gasteiger partial charge in [-0.3, -0.25) is 9.59 Å². The Hall–Kier alpha value is -2.72. The van der Waals surface area contributed by atoms with Crippen molar-refractivity contribution in [1.29, 1.82) is 0 Å². The van der Waals surface area contributed by atoms with E-state index < -0.39 is 0 Å². The van der Waals surface area contributed by atoms with Crippen LogP contribution in [-0.2, 0) is 22.6 Å². The van der Waals surface area contributed by atoms with Gasteiger partial charge in [-0.05, 0) is 26.0 Å². The molecule has 2 amide bonds. The highest BCUT2D eigenvalue weighted by Crippen LogP contribution is 2.19. The first kappa shape index (κ1) is 20.0. The minimum Gasteiger partial charge on any atom is -0.326 e. The predicted molar refractivity (Wildman–Crippen MR) is 111 cm³/mol. The van der Waals surface area contributed by atoms with E-state index in [2.05, 4.69) is 25.8 Å². The van der Waals surface area contributed by atoms with Crippen molar-refractivity contribution in [2.75, 3.05) is 16.4 Å². The van der Waals surface area contributed by atoms with E-state index in [4.69, 9.17) is 0 Å². The fourth-order valence-corrected chi connectivity index (χ4v) is 3.80. The van der Waals surface area contributed by atoms with Crippen molar-refractivity contribution in [3.8, 4) is 0 Å². The summed E-state index contributed by atoms with van der Waals surface area (Å²) in [4.78, 5) is 28.3. The van der Waals surface area contributed by atoms with Gasteiger partial charge >= 0.3 is 0 Å². The molecule has 28 heavy (non-hydrogen) atoms. The number of rotatable bonds is 8. The van der Waals surface area contributed by atoms with Crippen molar-refractivity contribution in [1.82, 2.24) is 19.7 Å². The van der Waals surface area contributed by atoms with Gasteiger partial charge < -0.3 is 15.2 Å². The molecule has 3 rings (SSSR count). The molecule has 0 saturated heterocycles. The van der Waals surface area contributed by atoms with Gasteiger partial charge in [0.05, 0.1) is 12.2 Å². The number of carbonyl (C=O) groups is 2. The van der Waals surface area contributed by atoms with Crippen LogP contribution in [0.3, 0.4) is 0 Å². The lowest BCUT2D eigenvalue weighted by Crippen LogP contribution is -2.18. The molecule has 146 valence electrons. The van der Waals surface area contributed by atoms with Gasteiger partial charge in [-0.2, -0.15) is 0 Å². The van der Waals surface area contributed by atoms with Gasteiger partial charge in [0.15, 0.2) is 10.3 Å². The molecule has 0 atom stereocenters. The van der Waals surface area contributed by atoms with Gasteiger partial charge in [0, 0.05) is 23.8 Å². The van der Waals surface area contributed by atoms with Crippen LogP contribution < -0.4 is 10.6 Å². The Balaban J connectivity index is 1.57. The quantitative estimate of drug-likeness (QED) is 0.548. The molecule has 3 aromatic rings. The Morgan fingerprint density at radius 3 is 2.61 bits per heavy atom. The zero-order valence-corrected chi connectivity index (χ0v) is 17.1. The average Bonchev–Trinajstić information content (AvgIpc) is 3.31. The summed E-state index contributed by atoms with van der Waals surface area (Å²) in [5.41, 5.74) is 1.87. The van der Waals surface area contributed by atoms with Crippen LogP contribution >= 0.6 is 23.1 Å².